The van der Waals surface area contributed by atoms with Gasteiger partial charge in [-0.2, -0.15) is 0 Å². The van der Waals surface area contributed by atoms with E-state index in [1.165, 1.54) is 11.3 Å². The Labute approximate surface area is 129 Å². The van der Waals surface area contributed by atoms with Crippen molar-refractivity contribution >= 4 is 22.4 Å². The van der Waals surface area contributed by atoms with Gasteiger partial charge in [0.05, 0.1) is 12.8 Å². The fourth-order valence-corrected chi connectivity index (χ4v) is 2.74. The number of methoxy groups -OCH3 is 1. The molecule has 0 aliphatic carbocycles. The van der Waals surface area contributed by atoms with Crippen molar-refractivity contribution in [3.8, 4) is 17.0 Å². The number of thiazole rings is 1. The molecule has 0 fully saturated rings. The van der Waals surface area contributed by atoms with Gasteiger partial charge in [0.2, 0.25) is 5.91 Å². The van der Waals surface area contributed by atoms with Gasteiger partial charge in [-0.05, 0) is 30.7 Å². The first kappa shape index (κ1) is 15.5. The van der Waals surface area contributed by atoms with Gasteiger partial charge in [-0.25, -0.2) is 4.98 Å². The number of hydrogen-bond acceptors (Lipinski definition) is 4. The molecule has 4 nitrogen and oxygen atoms in total. The highest BCUT2D eigenvalue weighted by atomic mass is 32.1. The third kappa shape index (κ3) is 4.04. The Balaban J connectivity index is 2.05. The standard InChI is InChI=1S/C16H20N2O2S/c1-4-5-11(2)15(19)18-16-17-14(10-21-16)12-6-8-13(20-3)9-7-12/h6-11H,4-5H2,1-3H3,(H,17,18,19)/t11-/m0/s1. The molecule has 0 saturated carbocycles. The number of amides is 1. The summed E-state index contributed by atoms with van der Waals surface area (Å²) in [6, 6.07) is 7.71. The molecule has 0 spiro atoms. The molecule has 21 heavy (non-hydrogen) atoms. The average Bonchev–Trinajstić information content (AvgIpc) is 2.96. The zero-order valence-corrected chi connectivity index (χ0v) is 13.4. The molecular weight excluding hydrogens is 284 g/mol. The van der Waals surface area contributed by atoms with E-state index in [1.807, 2.05) is 36.6 Å². The maximum Gasteiger partial charge on any atom is 0.228 e. The highest BCUT2D eigenvalue weighted by Gasteiger charge is 2.14. The lowest BCUT2D eigenvalue weighted by molar-refractivity contribution is -0.119. The number of nitrogens with one attached hydrogen (secondary N) is 1. The Morgan fingerprint density at radius 3 is 2.71 bits per heavy atom. The molecular formula is C16H20N2O2S. The van der Waals surface area contributed by atoms with E-state index in [4.69, 9.17) is 4.74 Å². The average molecular weight is 304 g/mol. The summed E-state index contributed by atoms with van der Waals surface area (Å²) in [5.74, 6) is 0.867. The minimum Gasteiger partial charge on any atom is -0.497 e. The first-order chi connectivity index (χ1) is 10.1. The van der Waals surface area contributed by atoms with Crippen LogP contribution in [-0.2, 0) is 4.79 Å². The van der Waals surface area contributed by atoms with Crippen molar-refractivity contribution in [2.24, 2.45) is 5.92 Å². The first-order valence-electron chi connectivity index (χ1n) is 7.04. The molecule has 5 heteroatoms. The lowest BCUT2D eigenvalue weighted by Gasteiger charge is -2.08. The first-order valence-corrected chi connectivity index (χ1v) is 7.92. The van der Waals surface area contributed by atoms with Gasteiger partial charge >= 0.3 is 0 Å². The fourth-order valence-electron chi connectivity index (χ4n) is 2.02. The van der Waals surface area contributed by atoms with Crippen LogP contribution >= 0.6 is 11.3 Å². The van der Waals surface area contributed by atoms with E-state index in [0.717, 1.165) is 29.8 Å². The van der Waals surface area contributed by atoms with Gasteiger partial charge in [-0.1, -0.05) is 20.3 Å². The summed E-state index contributed by atoms with van der Waals surface area (Å²) in [6.07, 6.45) is 1.89. The van der Waals surface area contributed by atoms with Crippen LogP contribution in [0.3, 0.4) is 0 Å². The molecule has 1 aromatic carbocycles. The molecule has 1 atom stereocenters. The van der Waals surface area contributed by atoms with E-state index in [-0.39, 0.29) is 11.8 Å². The summed E-state index contributed by atoms with van der Waals surface area (Å²) < 4.78 is 5.14. The van der Waals surface area contributed by atoms with Crippen LogP contribution in [0.25, 0.3) is 11.3 Å². The molecule has 0 aliphatic rings. The number of ether oxygens (including phenoxy) is 1. The molecule has 0 radical (unpaired) electrons. The van der Waals surface area contributed by atoms with Crippen LogP contribution in [0.2, 0.25) is 0 Å². The van der Waals surface area contributed by atoms with E-state index in [1.54, 1.807) is 7.11 Å². The van der Waals surface area contributed by atoms with Gasteiger partial charge in [0.15, 0.2) is 5.13 Å². The molecule has 2 aromatic rings. The third-order valence-corrected chi connectivity index (χ3v) is 4.05. The van der Waals surface area contributed by atoms with Crippen molar-refractivity contribution in [1.29, 1.82) is 0 Å². The molecule has 0 aliphatic heterocycles. The number of hydrogen-bond donors (Lipinski definition) is 1. The minimum absolute atomic E-state index is 0.0170. The highest BCUT2D eigenvalue weighted by molar-refractivity contribution is 7.14. The van der Waals surface area contributed by atoms with E-state index in [0.29, 0.717) is 5.13 Å². The van der Waals surface area contributed by atoms with Crippen molar-refractivity contribution in [2.45, 2.75) is 26.7 Å². The van der Waals surface area contributed by atoms with Crippen LogP contribution in [0.1, 0.15) is 26.7 Å². The van der Waals surface area contributed by atoms with Crippen LogP contribution in [0.15, 0.2) is 29.6 Å². The second-order valence-electron chi connectivity index (χ2n) is 4.95. The van der Waals surface area contributed by atoms with E-state index < -0.39 is 0 Å². The summed E-state index contributed by atoms with van der Waals surface area (Å²) in [4.78, 5) is 16.4. The largest absolute Gasteiger partial charge is 0.497 e. The lowest BCUT2D eigenvalue weighted by atomic mass is 10.1. The van der Waals surface area contributed by atoms with Gasteiger partial charge < -0.3 is 10.1 Å². The maximum absolute atomic E-state index is 12.0. The number of aromatic nitrogens is 1. The lowest BCUT2D eigenvalue weighted by Crippen LogP contribution is -2.20. The van der Waals surface area contributed by atoms with Gasteiger partial charge in [-0.15, -0.1) is 11.3 Å². The van der Waals surface area contributed by atoms with Crippen molar-refractivity contribution in [1.82, 2.24) is 4.98 Å². The fraction of sp³-hybridized carbons (Fsp3) is 0.375. The molecule has 1 heterocycles. The van der Waals surface area contributed by atoms with Crippen LogP contribution in [0, 0.1) is 5.92 Å². The summed E-state index contributed by atoms with van der Waals surface area (Å²) in [7, 11) is 1.64. The number of carbonyl (C=O) groups excluding carboxylic acids is 1. The molecule has 0 unspecified atom stereocenters. The number of anilines is 1. The monoisotopic (exact) mass is 304 g/mol. The number of benzene rings is 1. The van der Waals surface area contributed by atoms with Crippen molar-refractivity contribution in [2.75, 3.05) is 12.4 Å². The van der Waals surface area contributed by atoms with Crippen molar-refractivity contribution in [3.63, 3.8) is 0 Å². The smallest absolute Gasteiger partial charge is 0.228 e. The van der Waals surface area contributed by atoms with Gasteiger partial charge in [0, 0.05) is 16.9 Å². The van der Waals surface area contributed by atoms with Gasteiger partial charge in [-0.3, -0.25) is 4.79 Å². The summed E-state index contributed by atoms with van der Waals surface area (Å²) in [5, 5.41) is 5.48. The zero-order valence-electron chi connectivity index (χ0n) is 12.6. The zero-order chi connectivity index (χ0) is 15.2. The summed E-state index contributed by atoms with van der Waals surface area (Å²) >= 11 is 1.44. The van der Waals surface area contributed by atoms with Gasteiger partial charge in [0.25, 0.3) is 0 Å². The van der Waals surface area contributed by atoms with Crippen LogP contribution in [0.5, 0.6) is 5.75 Å². The van der Waals surface area contributed by atoms with E-state index in [9.17, 15) is 4.79 Å². The molecule has 0 bridgehead atoms. The quantitative estimate of drug-likeness (QED) is 0.870. The molecule has 0 saturated heterocycles. The Kier molecular flexibility index (Phi) is 5.33. The van der Waals surface area contributed by atoms with E-state index >= 15 is 0 Å². The molecule has 2 rings (SSSR count). The summed E-state index contributed by atoms with van der Waals surface area (Å²) in [5.41, 5.74) is 1.87. The third-order valence-electron chi connectivity index (χ3n) is 3.29. The van der Waals surface area contributed by atoms with Gasteiger partial charge in [0.1, 0.15) is 5.75 Å². The van der Waals surface area contributed by atoms with Crippen LogP contribution in [0.4, 0.5) is 5.13 Å². The Hall–Kier alpha value is -1.88. The Morgan fingerprint density at radius 2 is 2.10 bits per heavy atom. The highest BCUT2D eigenvalue weighted by Crippen LogP contribution is 2.26. The molecule has 1 amide bonds. The van der Waals surface area contributed by atoms with E-state index in [2.05, 4.69) is 17.2 Å². The second-order valence-corrected chi connectivity index (χ2v) is 5.80. The predicted octanol–water partition coefficient (Wildman–Crippen LogP) is 4.19. The number of nitrogens with zero attached hydrogens (tertiary/aromatic N) is 1. The summed E-state index contributed by atoms with van der Waals surface area (Å²) in [6.45, 7) is 4.02. The van der Waals surface area contributed by atoms with Crippen molar-refractivity contribution < 1.29 is 9.53 Å². The second kappa shape index (κ2) is 7.22. The topological polar surface area (TPSA) is 51.2 Å². The Bertz CT molecular complexity index is 593. The predicted molar refractivity (Wildman–Crippen MR) is 86.8 cm³/mol. The molecule has 112 valence electrons. The maximum atomic E-state index is 12.0. The molecule has 1 aromatic heterocycles. The van der Waals surface area contributed by atoms with Crippen molar-refractivity contribution in [3.05, 3.63) is 29.6 Å². The SMILES string of the molecule is CCC[C@H](C)C(=O)Nc1nc(-c2ccc(OC)cc2)cs1. The molecule has 1 N–H and O–H groups in total. The normalized spacial score (nSPS) is 12.0. The van der Waals surface area contributed by atoms with Crippen LogP contribution < -0.4 is 10.1 Å². The minimum atomic E-state index is 0.0170. The number of carbonyl (C=O) groups is 1. The Morgan fingerprint density at radius 1 is 1.38 bits per heavy atom. The number of rotatable bonds is 6. The van der Waals surface area contributed by atoms with Crippen LogP contribution in [-0.4, -0.2) is 18.0 Å².